The molecule has 7 rings (SSSR count). The number of fused-ring (bicyclic) bond motifs is 6. The number of hydrogen-bond donors (Lipinski definition) is 0. The second-order valence-corrected chi connectivity index (χ2v) is 9.90. The third-order valence-electron chi connectivity index (χ3n) is 7.32. The van der Waals surface area contributed by atoms with Crippen LogP contribution >= 0.6 is 0 Å². The molecule has 44 heavy (non-hydrogen) atoms. The zero-order valence-electron chi connectivity index (χ0n) is 22.2. The Morgan fingerprint density at radius 1 is 1.02 bits per heavy atom. The van der Waals surface area contributed by atoms with Crippen molar-refractivity contribution in [1.82, 2.24) is 19.6 Å². The van der Waals surface area contributed by atoms with Gasteiger partial charge in [-0.05, 0) is 36.4 Å². The van der Waals surface area contributed by atoms with E-state index >= 15 is 0 Å². The average Bonchev–Trinajstić information content (AvgIpc) is 3.74. The van der Waals surface area contributed by atoms with Gasteiger partial charge in [-0.1, -0.05) is 23.4 Å². The Labute approximate surface area is 244 Å². The summed E-state index contributed by atoms with van der Waals surface area (Å²) in [6.07, 6.45) is -3.37. The van der Waals surface area contributed by atoms with E-state index in [1.54, 1.807) is 36.4 Å². The number of pyridine rings is 1. The average molecular weight is 599 g/mol. The summed E-state index contributed by atoms with van der Waals surface area (Å²) in [4.78, 5) is 40.2. The third-order valence-corrected chi connectivity index (χ3v) is 7.32. The molecule has 14 heteroatoms. The van der Waals surface area contributed by atoms with Crippen LogP contribution in [0.1, 0.15) is 32.7 Å². The number of esters is 1. The Morgan fingerprint density at radius 2 is 1.75 bits per heavy atom. The smallest absolute Gasteiger partial charge is 0.417 e. The molecule has 0 saturated heterocycles. The minimum atomic E-state index is -4.70. The van der Waals surface area contributed by atoms with Gasteiger partial charge in [-0.15, -0.1) is 5.10 Å². The maximum Gasteiger partial charge on any atom is 0.417 e. The quantitative estimate of drug-likeness (QED) is 0.268. The molecule has 0 spiro atoms. The molecule has 0 amide bonds. The molecule has 0 saturated carbocycles. The normalized spacial score (nSPS) is 13.1. The molecule has 0 fully saturated rings. The van der Waals surface area contributed by atoms with Gasteiger partial charge in [0.15, 0.2) is 17.3 Å². The van der Waals surface area contributed by atoms with Gasteiger partial charge in [-0.25, -0.2) is 4.68 Å². The zero-order valence-corrected chi connectivity index (χ0v) is 22.2. The van der Waals surface area contributed by atoms with Crippen molar-refractivity contribution in [3.05, 3.63) is 99.1 Å². The van der Waals surface area contributed by atoms with Gasteiger partial charge < -0.3 is 14.2 Å². The first-order valence-electron chi connectivity index (χ1n) is 13.0. The lowest BCUT2D eigenvalue weighted by molar-refractivity contribution is -0.145. The second-order valence-electron chi connectivity index (χ2n) is 9.90. The number of nitrogens with zero attached hydrogens (tertiary/aromatic N) is 5. The molecule has 1 aliphatic heterocycles. The second kappa shape index (κ2) is 9.80. The van der Waals surface area contributed by atoms with Crippen molar-refractivity contribution in [3.63, 3.8) is 0 Å². The molecular formula is C30H16F3N5O6. The number of ketones is 1. The summed E-state index contributed by atoms with van der Waals surface area (Å²) in [5, 5.41) is 17.6. The molecule has 0 atom stereocenters. The predicted octanol–water partition coefficient (Wildman–Crippen LogP) is 4.16. The van der Waals surface area contributed by atoms with Crippen LogP contribution in [-0.2, 0) is 28.9 Å². The van der Waals surface area contributed by atoms with Crippen LogP contribution in [0.15, 0.2) is 65.6 Å². The summed E-state index contributed by atoms with van der Waals surface area (Å²) in [7, 11) is 0. The van der Waals surface area contributed by atoms with Gasteiger partial charge in [0.25, 0.3) is 5.56 Å². The van der Waals surface area contributed by atoms with E-state index in [0.717, 1.165) is 22.9 Å². The topological polar surface area (TPSA) is 138 Å². The summed E-state index contributed by atoms with van der Waals surface area (Å²) < 4.78 is 58.0. The van der Waals surface area contributed by atoms with Gasteiger partial charge in [0.05, 0.1) is 40.3 Å². The standard InChI is InChI=1S/C30H16F3N5O6/c31-30(32,33)22-6-5-17(7-15(22)10-34)38-11-16(35-36-38)13-42-25(39)12-37-27-20-8-23-24(44-14-43-23)9-21(20)28(40)26(27)18-3-1-2-4-19(18)29(37)41/h1-9,11H,12-14H2. The Kier molecular flexibility index (Phi) is 5.99. The van der Waals surface area contributed by atoms with E-state index in [1.807, 2.05) is 0 Å². The predicted molar refractivity (Wildman–Crippen MR) is 144 cm³/mol. The summed E-state index contributed by atoms with van der Waals surface area (Å²) in [5.41, 5.74) is -0.630. The van der Waals surface area contributed by atoms with Crippen LogP contribution < -0.4 is 15.0 Å². The van der Waals surface area contributed by atoms with E-state index in [9.17, 15) is 27.6 Å². The van der Waals surface area contributed by atoms with Gasteiger partial charge in [-0.2, -0.15) is 18.4 Å². The van der Waals surface area contributed by atoms with Gasteiger partial charge in [0, 0.05) is 21.9 Å². The molecule has 2 aromatic heterocycles. The van der Waals surface area contributed by atoms with Crippen molar-refractivity contribution in [2.24, 2.45) is 0 Å². The molecule has 0 unspecified atom stereocenters. The summed E-state index contributed by atoms with van der Waals surface area (Å²) in [6.45, 7) is -0.922. The number of carbonyl (C=O) groups excluding carboxylic acids is 2. The van der Waals surface area contributed by atoms with E-state index in [1.165, 1.54) is 16.8 Å². The number of benzene rings is 3. The first-order chi connectivity index (χ1) is 21.1. The monoisotopic (exact) mass is 599 g/mol. The van der Waals surface area contributed by atoms with Crippen LogP contribution in [-0.4, -0.2) is 38.1 Å². The van der Waals surface area contributed by atoms with Crippen molar-refractivity contribution >= 4 is 22.5 Å². The Bertz CT molecular complexity index is 2160. The molecule has 3 heterocycles. The molecular weight excluding hydrogens is 583 g/mol. The fraction of sp³-hybridized carbons (Fsp3) is 0.133. The number of nitriles is 1. The lowest BCUT2D eigenvalue weighted by atomic mass is 10.0. The number of aromatic nitrogens is 4. The molecule has 2 aliphatic rings. The minimum Gasteiger partial charge on any atom is -0.458 e. The van der Waals surface area contributed by atoms with Crippen molar-refractivity contribution in [2.45, 2.75) is 19.3 Å². The van der Waals surface area contributed by atoms with E-state index in [-0.39, 0.29) is 47.2 Å². The number of carbonyl (C=O) groups is 2. The zero-order chi connectivity index (χ0) is 30.7. The summed E-state index contributed by atoms with van der Waals surface area (Å²) in [5.74, 6) is -0.346. The Morgan fingerprint density at radius 3 is 2.48 bits per heavy atom. The van der Waals surface area contributed by atoms with Crippen LogP contribution in [0.4, 0.5) is 13.2 Å². The van der Waals surface area contributed by atoms with E-state index < -0.39 is 35.4 Å². The van der Waals surface area contributed by atoms with Gasteiger partial charge >= 0.3 is 12.1 Å². The Balaban J connectivity index is 1.17. The Hall–Kier alpha value is -5.97. The molecule has 218 valence electrons. The number of ether oxygens (including phenoxy) is 3. The first kappa shape index (κ1) is 26.9. The number of hydrogen-bond acceptors (Lipinski definition) is 9. The highest BCUT2D eigenvalue weighted by molar-refractivity contribution is 6.27. The highest BCUT2D eigenvalue weighted by Crippen LogP contribution is 2.45. The van der Waals surface area contributed by atoms with Crippen molar-refractivity contribution in [2.75, 3.05) is 6.79 Å². The van der Waals surface area contributed by atoms with Crippen LogP contribution in [0.25, 0.3) is 27.7 Å². The fourth-order valence-corrected chi connectivity index (χ4v) is 5.35. The van der Waals surface area contributed by atoms with Crippen molar-refractivity contribution in [1.29, 1.82) is 5.26 Å². The molecule has 11 nitrogen and oxygen atoms in total. The van der Waals surface area contributed by atoms with E-state index in [0.29, 0.717) is 28.0 Å². The fourth-order valence-electron chi connectivity index (χ4n) is 5.35. The lowest BCUT2D eigenvalue weighted by Gasteiger charge is -2.14. The maximum absolute atomic E-state index is 13.6. The largest absolute Gasteiger partial charge is 0.458 e. The van der Waals surface area contributed by atoms with Crippen molar-refractivity contribution < 1.29 is 37.0 Å². The summed E-state index contributed by atoms with van der Waals surface area (Å²) in [6, 6.07) is 14.2. The van der Waals surface area contributed by atoms with Gasteiger partial charge in [-0.3, -0.25) is 19.0 Å². The SMILES string of the molecule is N#Cc1cc(-n2cc(COC(=O)Cn3c4c(c5ccccc5c3=O)C(=O)c3cc5c(cc3-4)OCO5)nn2)ccc1C(F)(F)F. The maximum atomic E-state index is 13.6. The van der Waals surface area contributed by atoms with Crippen LogP contribution in [0.5, 0.6) is 11.5 Å². The van der Waals surface area contributed by atoms with Crippen LogP contribution in [0, 0.1) is 11.3 Å². The highest BCUT2D eigenvalue weighted by Gasteiger charge is 2.36. The molecule has 0 radical (unpaired) electrons. The van der Waals surface area contributed by atoms with E-state index in [4.69, 9.17) is 19.5 Å². The highest BCUT2D eigenvalue weighted by atomic mass is 19.4. The number of halogens is 3. The number of alkyl halides is 3. The van der Waals surface area contributed by atoms with Gasteiger partial charge in [0.2, 0.25) is 6.79 Å². The van der Waals surface area contributed by atoms with Crippen molar-refractivity contribution in [3.8, 4) is 34.5 Å². The molecule has 0 bridgehead atoms. The number of rotatable bonds is 5. The minimum absolute atomic E-state index is 0.0148. The first-order valence-corrected chi connectivity index (χ1v) is 13.0. The summed E-state index contributed by atoms with van der Waals surface area (Å²) >= 11 is 0. The lowest BCUT2D eigenvalue weighted by Crippen LogP contribution is -2.27. The third kappa shape index (κ3) is 4.25. The van der Waals surface area contributed by atoms with Gasteiger partial charge in [0.1, 0.15) is 18.8 Å². The van der Waals surface area contributed by atoms with Crippen LogP contribution in [0.2, 0.25) is 0 Å². The molecule has 3 aromatic carbocycles. The molecule has 5 aromatic rings. The van der Waals surface area contributed by atoms with Crippen LogP contribution in [0.3, 0.4) is 0 Å². The molecule has 0 N–H and O–H groups in total. The molecule has 1 aliphatic carbocycles. The van der Waals surface area contributed by atoms with E-state index in [2.05, 4.69) is 10.3 Å².